The standard InChI is InChI=1S/C18H27N3O5/c1-12(2)10-25-17(23)20(5)16(19)21(18(24)26-11-13(3)4)14-6-8-15(22)9-7-14/h6-9,12-13,19,22H,10-11H2,1-5H3. The normalized spacial score (nSPS) is 10.6. The van der Waals surface area contributed by atoms with Crippen molar-refractivity contribution in [2.45, 2.75) is 27.7 Å². The predicted octanol–water partition coefficient (Wildman–Crippen LogP) is 3.65. The highest BCUT2D eigenvalue weighted by Gasteiger charge is 2.28. The zero-order valence-corrected chi connectivity index (χ0v) is 15.9. The molecule has 1 rings (SSSR count). The first-order valence-electron chi connectivity index (χ1n) is 8.38. The Bertz CT molecular complexity index is 628. The van der Waals surface area contributed by atoms with Gasteiger partial charge < -0.3 is 14.6 Å². The molecule has 1 aromatic rings. The van der Waals surface area contributed by atoms with Gasteiger partial charge in [0.2, 0.25) is 5.96 Å². The number of amides is 2. The summed E-state index contributed by atoms with van der Waals surface area (Å²) in [4.78, 5) is 26.5. The second-order valence-electron chi connectivity index (χ2n) is 6.68. The van der Waals surface area contributed by atoms with Crippen molar-refractivity contribution in [3.8, 4) is 5.75 Å². The van der Waals surface area contributed by atoms with Crippen molar-refractivity contribution >= 4 is 23.8 Å². The van der Waals surface area contributed by atoms with E-state index in [2.05, 4.69) is 0 Å². The second kappa shape index (κ2) is 9.65. The summed E-state index contributed by atoms with van der Waals surface area (Å²) in [6, 6.07) is 5.66. The van der Waals surface area contributed by atoms with Crippen molar-refractivity contribution in [2.24, 2.45) is 11.8 Å². The number of benzene rings is 1. The Hall–Kier alpha value is -2.77. The van der Waals surface area contributed by atoms with Crippen LogP contribution in [0.5, 0.6) is 5.75 Å². The van der Waals surface area contributed by atoms with E-state index < -0.39 is 18.1 Å². The van der Waals surface area contributed by atoms with Crippen LogP contribution in [0.25, 0.3) is 0 Å². The first kappa shape index (κ1) is 21.3. The van der Waals surface area contributed by atoms with Crippen LogP contribution in [0, 0.1) is 17.2 Å². The highest BCUT2D eigenvalue weighted by Crippen LogP contribution is 2.21. The van der Waals surface area contributed by atoms with Crippen molar-refractivity contribution in [2.75, 3.05) is 25.2 Å². The number of aromatic hydroxyl groups is 1. The molecule has 0 spiro atoms. The summed E-state index contributed by atoms with van der Waals surface area (Å²) in [5, 5.41) is 17.7. The average molecular weight is 365 g/mol. The molecule has 0 aliphatic carbocycles. The molecule has 0 fully saturated rings. The molecule has 0 atom stereocenters. The fourth-order valence-corrected chi connectivity index (χ4v) is 1.79. The molecule has 26 heavy (non-hydrogen) atoms. The van der Waals surface area contributed by atoms with E-state index in [4.69, 9.17) is 14.9 Å². The first-order chi connectivity index (χ1) is 12.1. The molecule has 0 heterocycles. The lowest BCUT2D eigenvalue weighted by molar-refractivity contribution is 0.114. The number of carbonyl (C=O) groups is 2. The van der Waals surface area contributed by atoms with Crippen LogP contribution in [-0.2, 0) is 9.47 Å². The smallest absolute Gasteiger partial charge is 0.421 e. The molecule has 0 aliphatic heterocycles. The van der Waals surface area contributed by atoms with E-state index in [-0.39, 0.29) is 36.5 Å². The van der Waals surface area contributed by atoms with Gasteiger partial charge >= 0.3 is 12.2 Å². The van der Waals surface area contributed by atoms with Crippen LogP contribution in [0.3, 0.4) is 0 Å². The average Bonchev–Trinajstić information content (AvgIpc) is 2.58. The lowest BCUT2D eigenvalue weighted by Gasteiger charge is -2.27. The molecule has 0 saturated carbocycles. The molecule has 0 radical (unpaired) electrons. The SMILES string of the molecule is CC(C)COC(=O)N(C)C(=N)N(C(=O)OCC(C)C)c1ccc(O)cc1. The number of nitrogens with zero attached hydrogens (tertiary/aromatic N) is 2. The van der Waals surface area contributed by atoms with Crippen LogP contribution in [0.4, 0.5) is 15.3 Å². The van der Waals surface area contributed by atoms with E-state index in [0.29, 0.717) is 0 Å². The topological polar surface area (TPSA) is 103 Å². The molecule has 2 N–H and O–H groups in total. The zero-order chi connectivity index (χ0) is 19.9. The Morgan fingerprint density at radius 2 is 1.46 bits per heavy atom. The lowest BCUT2D eigenvalue weighted by Crippen LogP contribution is -2.48. The highest BCUT2D eigenvalue weighted by molar-refractivity contribution is 6.15. The summed E-state index contributed by atoms with van der Waals surface area (Å²) in [5.41, 5.74) is 0.282. The third-order valence-electron chi connectivity index (χ3n) is 3.17. The zero-order valence-electron chi connectivity index (χ0n) is 15.9. The molecule has 8 heteroatoms. The Morgan fingerprint density at radius 1 is 1.00 bits per heavy atom. The molecule has 8 nitrogen and oxygen atoms in total. The van der Waals surface area contributed by atoms with Crippen molar-refractivity contribution in [3.05, 3.63) is 24.3 Å². The molecule has 0 bridgehead atoms. The van der Waals surface area contributed by atoms with Crippen molar-refractivity contribution < 1.29 is 24.2 Å². The number of nitrogens with one attached hydrogen (secondary N) is 1. The predicted molar refractivity (Wildman–Crippen MR) is 98.4 cm³/mol. The summed E-state index contributed by atoms with van der Waals surface area (Å²) < 4.78 is 10.3. The van der Waals surface area contributed by atoms with Gasteiger partial charge in [0.1, 0.15) is 5.75 Å². The maximum atomic E-state index is 12.5. The molecule has 0 unspecified atom stereocenters. The summed E-state index contributed by atoms with van der Waals surface area (Å²) in [6.45, 7) is 7.93. The van der Waals surface area contributed by atoms with E-state index in [1.54, 1.807) is 0 Å². The van der Waals surface area contributed by atoms with Gasteiger partial charge in [-0.3, -0.25) is 10.3 Å². The molecule has 2 amide bonds. The molecular formula is C18H27N3O5. The quantitative estimate of drug-likeness (QED) is 0.612. The number of phenols is 1. The van der Waals surface area contributed by atoms with Gasteiger partial charge in [-0.25, -0.2) is 14.5 Å². The first-order valence-corrected chi connectivity index (χ1v) is 8.38. The van der Waals surface area contributed by atoms with Crippen LogP contribution < -0.4 is 4.90 Å². The molecule has 144 valence electrons. The van der Waals surface area contributed by atoms with E-state index in [9.17, 15) is 14.7 Å². The van der Waals surface area contributed by atoms with Crippen LogP contribution in [0.2, 0.25) is 0 Å². The van der Waals surface area contributed by atoms with Gasteiger partial charge in [0.25, 0.3) is 0 Å². The van der Waals surface area contributed by atoms with Gasteiger partial charge in [-0.05, 0) is 36.1 Å². The second-order valence-corrected chi connectivity index (χ2v) is 6.68. The van der Waals surface area contributed by atoms with E-state index >= 15 is 0 Å². The number of hydrogen-bond acceptors (Lipinski definition) is 6. The maximum Gasteiger partial charge on any atom is 0.421 e. The van der Waals surface area contributed by atoms with E-state index in [1.807, 2.05) is 27.7 Å². The number of phenolic OH excluding ortho intramolecular Hbond substituents is 1. The third kappa shape index (κ3) is 6.27. The van der Waals surface area contributed by atoms with Gasteiger partial charge in [-0.15, -0.1) is 0 Å². The lowest BCUT2D eigenvalue weighted by atomic mass is 10.2. The summed E-state index contributed by atoms with van der Waals surface area (Å²) >= 11 is 0. The molecular weight excluding hydrogens is 338 g/mol. The summed E-state index contributed by atoms with van der Waals surface area (Å²) in [5.74, 6) is -0.145. The maximum absolute atomic E-state index is 12.5. The minimum Gasteiger partial charge on any atom is -0.508 e. The Labute approximate surface area is 153 Å². The van der Waals surface area contributed by atoms with Crippen molar-refractivity contribution in [1.29, 1.82) is 5.41 Å². The monoisotopic (exact) mass is 365 g/mol. The van der Waals surface area contributed by atoms with Crippen molar-refractivity contribution in [3.63, 3.8) is 0 Å². The van der Waals surface area contributed by atoms with E-state index in [1.165, 1.54) is 31.3 Å². The number of carbonyl (C=O) groups excluding carboxylic acids is 2. The molecule has 0 aliphatic rings. The molecule has 0 saturated heterocycles. The fourth-order valence-electron chi connectivity index (χ4n) is 1.79. The third-order valence-corrected chi connectivity index (χ3v) is 3.17. The minimum atomic E-state index is -0.794. The fraction of sp³-hybridized carbons (Fsp3) is 0.500. The number of guanidine groups is 1. The van der Waals surface area contributed by atoms with Crippen LogP contribution in [0.1, 0.15) is 27.7 Å². The number of anilines is 1. The van der Waals surface area contributed by atoms with Crippen LogP contribution in [0.15, 0.2) is 24.3 Å². The van der Waals surface area contributed by atoms with Gasteiger partial charge in [-0.1, -0.05) is 27.7 Å². The van der Waals surface area contributed by atoms with Crippen LogP contribution in [-0.4, -0.2) is 48.4 Å². The minimum absolute atomic E-state index is 0.0143. The molecule has 0 aromatic heterocycles. The van der Waals surface area contributed by atoms with Crippen molar-refractivity contribution in [1.82, 2.24) is 4.90 Å². The summed E-state index contributed by atoms with van der Waals surface area (Å²) in [7, 11) is 1.34. The number of hydrogen-bond donors (Lipinski definition) is 2. The van der Waals surface area contributed by atoms with Gasteiger partial charge in [0.05, 0.1) is 18.9 Å². The van der Waals surface area contributed by atoms with E-state index in [0.717, 1.165) is 9.80 Å². The Kier molecular flexibility index (Phi) is 7.89. The number of rotatable bonds is 5. The van der Waals surface area contributed by atoms with Gasteiger partial charge in [0.15, 0.2) is 0 Å². The Morgan fingerprint density at radius 3 is 1.92 bits per heavy atom. The van der Waals surface area contributed by atoms with Gasteiger partial charge in [0, 0.05) is 7.05 Å². The highest BCUT2D eigenvalue weighted by atomic mass is 16.6. The largest absolute Gasteiger partial charge is 0.508 e. The van der Waals surface area contributed by atoms with Crippen LogP contribution >= 0.6 is 0 Å². The van der Waals surface area contributed by atoms with Gasteiger partial charge in [-0.2, -0.15) is 0 Å². The Balaban J connectivity index is 3.02. The number of ether oxygens (including phenoxy) is 2. The summed E-state index contributed by atoms with van der Waals surface area (Å²) in [6.07, 6.45) is -1.54. The molecule has 1 aromatic carbocycles.